The average molecular weight is 461 g/mol. The van der Waals surface area contributed by atoms with Gasteiger partial charge in [0.25, 0.3) is 5.91 Å². The molecule has 1 saturated heterocycles. The fourth-order valence-electron chi connectivity index (χ4n) is 4.26. The molecule has 1 aliphatic rings. The number of piperidine rings is 1. The van der Waals surface area contributed by atoms with Gasteiger partial charge in [-0.3, -0.25) is 9.59 Å². The highest BCUT2D eigenvalue weighted by atomic mass is 19.1. The summed E-state index contributed by atoms with van der Waals surface area (Å²) >= 11 is 0. The SMILES string of the molecule is COc1cccc(-c2ccc(C(=O)N3CCC(C(=O)NCCc4ccc(F)cc4)CC3)cc2)c1. The van der Waals surface area contributed by atoms with Crippen LogP contribution in [-0.2, 0) is 11.2 Å². The number of hydrogen-bond donors (Lipinski definition) is 1. The summed E-state index contributed by atoms with van der Waals surface area (Å²) in [5.74, 6) is 0.457. The molecule has 2 amide bonds. The maximum atomic E-state index is 13.0. The van der Waals surface area contributed by atoms with E-state index < -0.39 is 0 Å². The van der Waals surface area contributed by atoms with Crippen molar-refractivity contribution >= 4 is 11.8 Å². The minimum Gasteiger partial charge on any atom is -0.497 e. The van der Waals surface area contributed by atoms with Gasteiger partial charge in [0.05, 0.1) is 7.11 Å². The Hall–Kier alpha value is -3.67. The summed E-state index contributed by atoms with van der Waals surface area (Å²) in [7, 11) is 1.64. The molecule has 3 aromatic carbocycles. The number of methoxy groups -OCH3 is 1. The van der Waals surface area contributed by atoms with Crippen LogP contribution in [0.15, 0.2) is 72.8 Å². The van der Waals surface area contributed by atoms with Gasteiger partial charge in [0.15, 0.2) is 0 Å². The second kappa shape index (κ2) is 11.0. The van der Waals surface area contributed by atoms with Crippen molar-refractivity contribution in [1.29, 1.82) is 0 Å². The van der Waals surface area contributed by atoms with Gasteiger partial charge in [-0.25, -0.2) is 4.39 Å². The Morgan fingerprint density at radius 2 is 1.68 bits per heavy atom. The van der Waals surface area contributed by atoms with Crippen LogP contribution in [-0.4, -0.2) is 43.5 Å². The lowest BCUT2D eigenvalue weighted by Crippen LogP contribution is -2.43. The van der Waals surface area contributed by atoms with E-state index in [1.807, 2.05) is 53.4 Å². The molecule has 1 N–H and O–H groups in total. The molecule has 0 aromatic heterocycles. The molecule has 0 aliphatic carbocycles. The summed E-state index contributed by atoms with van der Waals surface area (Å²) in [6, 6.07) is 21.7. The average Bonchev–Trinajstić information content (AvgIpc) is 2.89. The monoisotopic (exact) mass is 460 g/mol. The number of halogens is 1. The molecule has 1 heterocycles. The highest BCUT2D eigenvalue weighted by molar-refractivity contribution is 5.95. The van der Waals surface area contributed by atoms with Gasteiger partial charge in [0.2, 0.25) is 5.91 Å². The van der Waals surface area contributed by atoms with E-state index in [0.717, 1.165) is 22.4 Å². The van der Waals surface area contributed by atoms with E-state index >= 15 is 0 Å². The molecule has 0 unspecified atom stereocenters. The van der Waals surface area contributed by atoms with E-state index in [9.17, 15) is 14.0 Å². The highest BCUT2D eigenvalue weighted by Crippen LogP contribution is 2.25. The third-order valence-electron chi connectivity index (χ3n) is 6.31. The standard InChI is InChI=1S/C28H29FN2O3/c1-34-26-4-2-3-24(19-26)21-7-9-23(10-8-21)28(33)31-17-14-22(15-18-31)27(32)30-16-13-20-5-11-25(29)12-6-20/h2-12,19,22H,13-18H2,1H3,(H,30,32). The zero-order chi connectivity index (χ0) is 23.9. The van der Waals surface area contributed by atoms with Crippen molar-refractivity contribution in [3.63, 3.8) is 0 Å². The molecule has 1 fully saturated rings. The van der Waals surface area contributed by atoms with Crippen LogP contribution in [0.5, 0.6) is 5.75 Å². The van der Waals surface area contributed by atoms with Crippen molar-refractivity contribution in [2.24, 2.45) is 5.92 Å². The fourth-order valence-corrected chi connectivity index (χ4v) is 4.26. The Kier molecular flexibility index (Phi) is 7.58. The number of nitrogens with one attached hydrogen (secondary N) is 1. The number of nitrogens with zero attached hydrogens (tertiary/aromatic N) is 1. The molecule has 0 spiro atoms. The molecule has 176 valence electrons. The molecule has 0 bridgehead atoms. The number of carbonyl (C=O) groups excluding carboxylic acids is 2. The summed E-state index contributed by atoms with van der Waals surface area (Å²) in [6.45, 7) is 1.64. The van der Waals surface area contributed by atoms with Gasteiger partial charge >= 0.3 is 0 Å². The van der Waals surface area contributed by atoms with Gasteiger partial charge in [-0.05, 0) is 72.4 Å². The van der Waals surface area contributed by atoms with E-state index in [1.165, 1.54) is 12.1 Å². The summed E-state index contributed by atoms with van der Waals surface area (Å²) in [4.78, 5) is 27.3. The van der Waals surface area contributed by atoms with E-state index in [4.69, 9.17) is 4.74 Å². The number of likely N-dealkylation sites (tertiary alicyclic amines) is 1. The van der Waals surface area contributed by atoms with Gasteiger partial charge in [-0.15, -0.1) is 0 Å². The Morgan fingerprint density at radius 3 is 2.35 bits per heavy atom. The van der Waals surface area contributed by atoms with E-state index in [1.54, 1.807) is 19.2 Å². The summed E-state index contributed by atoms with van der Waals surface area (Å²) in [5, 5.41) is 2.98. The van der Waals surface area contributed by atoms with Crippen LogP contribution >= 0.6 is 0 Å². The first-order chi connectivity index (χ1) is 16.5. The summed E-state index contributed by atoms with van der Waals surface area (Å²) in [5.41, 5.74) is 3.68. The molecule has 34 heavy (non-hydrogen) atoms. The van der Waals surface area contributed by atoms with Crippen molar-refractivity contribution in [2.45, 2.75) is 19.3 Å². The van der Waals surface area contributed by atoms with Gasteiger partial charge in [-0.1, -0.05) is 36.4 Å². The van der Waals surface area contributed by atoms with Crippen LogP contribution in [0.3, 0.4) is 0 Å². The van der Waals surface area contributed by atoms with Gasteiger partial charge < -0.3 is 15.0 Å². The molecule has 3 aromatic rings. The second-order valence-electron chi connectivity index (χ2n) is 8.54. The third kappa shape index (κ3) is 5.81. The lowest BCUT2D eigenvalue weighted by molar-refractivity contribution is -0.126. The largest absolute Gasteiger partial charge is 0.497 e. The minimum absolute atomic E-state index is 0.00707. The minimum atomic E-state index is -0.262. The van der Waals surface area contributed by atoms with Crippen molar-refractivity contribution in [1.82, 2.24) is 10.2 Å². The smallest absolute Gasteiger partial charge is 0.253 e. The number of hydrogen-bond acceptors (Lipinski definition) is 3. The van der Waals surface area contributed by atoms with Gasteiger partial charge in [0, 0.05) is 31.1 Å². The van der Waals surface area contributed by atoms with Crippen molar-refractivity contribution in [3.05, 3.63) is 89.7 Å². The topological polar surface area (TPSA) is 58.6 Å². The molecular formula is C28H29FN2O3. The van der Waals surface area contributed by atoms with Gasteiger partial charge in [0.1, 0.15) is 11.6 Å². The number of carbonyl (C=O) groups is 2. The first-order valence-corrected chi connectivity index (χ1v) is 11.6. The summed E-state index contributed by atoms with van der Waals surface area (Å²) in [6.07, 6.45) is 1.96. The lowest BCUT2D eigenvalue weighted by atomic mass is 9.95. The summed E-state index contributed by atoms with van der Waals surface area (Å²) < 4.78 is 18.3. The second-order valence-corrected chi connectivity index (χ2v) is 8.54. The maximum Gasteiger partial charge on any atom is 0.253 e. The third-order valence-corrected chi connectivity index (χ3v) is 6.31. The molecule has 0 atom stereocenters. The van der Waals surface area contributed by atoms with Crippen LogP contribution in [0.1, 0.15) is 28.8 Å². The molecule has 6 heteroatoms. The molecule has 1 aliphatic heterocycles. The first kappa shape index (κ1) is 23.5. The number of rotatable bonds is 7. The Labute approximate surface area is 199 Å². The van der Waals surface area contributed by atoms with Crippen molar-refractivity contribution in [3.8, 4) is 16.9 Å². The Bertz CT molecular complexity index is 1120. The fraction of sp³-hybridized carbons (Fsp3) is 0.286. The van der Waals surface area contributed by atoms with Gasteiger partial charge in [-0.2, -0.15) is 0 Å². The van der Waals surface area contributed by atoms with Crippen LogP contribution in [0, 0.1) is 11.7 Å². The highest BCUT2D eigenvalue weighted by Gasteiger charge is 2.27. The van der Waals surface area contributed by atoms with E-state index in [-0.39, 0.29) is 23.5 Å². The Morgan fingerprint density at radius 1 is 0.971 bits per heavy atom. The van der Waals surface area contributed by atoms with Crippen LogP contribution < -0.4 is 10.1 Å². The van der Waals surface area contributed by atoms with E-state index in [0.29, 0.717) is 44.5 Å². The molecule has 4 rings (SSSR count). The normalized spacial score (nSPS) is 14.0. The first-order valence-electron chi connectivity index (χ1n) is 11.6. The number of ether oxygens (including phenoxy) is 1. The molecule has 0 radical (unpaired) electrons. The van der Waals surface area contributed by atoms with Crippen LogP contribution in [0.4, 0.5) is 4.39 Å². The zero-order valence-electron chi connectivity index (χ0n) is 19.3. The van der Waals surface area contributed by atoms with Crippen molar-refractivity contribution in [2.75, 3.05) is 26.7 Å². The van der Waals surface area contributed by atoms with Crippen LogP contribution in [0.2, 0.25) is 0 Å². The number of amides is 2. The van der Waals surface area contributed by atoms with Crippen molar-refractivity contribution < 1.29 is 18.7 Å². The lowest BCUT2D eigenvalue weighted by Gasteiger charge is -2.31. The predicted molar refractivity (Wildman–Crippen MR) is 130 cm³/mol. The predicted octanol–water partition coefficient (Wildman–Crippen LogP) is 4.71. The molecule has 0 saturated carbocycles. The molecular weight excluding hydrogens is 431 g/mol. The quantitative estimate of drug-likeness (QED) is 0.556. The molecule has 5 nitrogen and oxygen atoms in total. The number of benzene rings is 3. The Balaban J connectivity index is 1.25. The van der Waals surface area contributed by atoms with Crippen LogP contribution in [0.25, 0.3) is 11.1 Å². The maximum absolute atomic E-state index is 13.0. The van der Waals surface area contributed by atoms with E-state index in [2.05, 4.69) is 5.32 Å². The zero-order valence-corrected chi connectivity index (χ0v) is 19.3.